The largest absolute Gasteiger partial charge is 0.364 e. The minimum absolute atomic E-state index is 0.0271. The van der Waals surface area contributed by atoms with Crippen molar-refractivity contribution in [2.75, 3.05) is 31.5 Å². The maximum absolute atomic E-state index is 13.0. The summed E-state index contributed by atoms with van der Waals surface area (Å²) in [5.41, 5.74) is 6.96. The molecular weight excluding hydrogens is 482 g/mol. The number of likely N-dealkylation sites (tertiary alicyclic amines) is 2. The number of thiazole rings is 1. The number of amides is 2. The fourth-order valence-electron chi connectivity index (χ4n) is 5.38. The molecule has 5 N–H and O–H groups in total. The number of hydrogen-bond donors (Lipinski definition) is 4. The normalized spacial score (nSPS) is 18.5. The number of hydrogen-bond acceptors (Lipinski definition) is 7. The highest BCUT2D eigenvalue weighted by Gasteiger charge is 2.49. The predicted molar refractivity (Wildman–Crippen MR) is 138 cm³/mol. The van der Waals surface area contributed by atoms with E-state index in [0.29, 0.717) is 47.3 Å². The van der Waals surface area contributed by atoms with Crippen molar-refractivity contribution in [3.8, 4) is 0 Å². The van der Waals surface area contributed by atoms with E-state index >= 15 is 0 Å². The topological polar surface area (TPSA) is 121 Å². The molecule has 184 valence electrons. The van der Waals surface area contributed by atoms with Gasteiger partial charge in [0.2, 0.25) is 5.91 Å². The summed E-state index contributed by atoms with van der Waals surface area (Å²) in [5, 5.41) is 6.71. The molecule has 9 nitrogen and oxygen atoms in total. The second kappa shape index (κ2) is 10.00. The molecule has 35 heavy (non-hydrogen) atoms. The standard InChI is InChI=1S/C24H29N7O2S2/c25-21(33)24(31-10-4-1-5-11-31)8-12-30(13-9-24)19(32)14-16-15-35-23(26-16)29-20-17-6-2-3-7-18(17)27-22(34)28-20/h2-3,6-7,15H,1,4-5,8-14H2,(H2,25,33)(H2,26,27,28,29,34)/p+1. The summed E-state index contributed by atoms with van der Waals surface area (Å²) in [4.78, 5) is 40.7. The van der Waals surface area contributed by atoms with Gasteiger partial charge in [0.15, 0.2) is 15.4 Å². The summed E-state index contributed by atoms with van der Waals surface area (Å²) >= 11 is 6.68. The molecule has 2 saturated heterocycles. The number of piperidine rings is 2. The number of primary amides is 1. The van der Waals surface area contributed by atoms with E-state index in [1.807, 2.05) is 34.5 Å². The number of rotatable bonds is 6. The molecule has 0 bridgehead atoms. The summed E-state index contributed by atoms with van der Waals surface area (Å²) in [6.45, 7) is 3.08. The van der Waals surface area contributed by atoms with Gasteiger partial charge in [0.1, 0.15) is 5.82 Å². The van der Waals surface area contributed by atoms with Crippen molar-refractivity contribution >= 4 is 57.2 Å². The monoisotopic (exact) mass is 512 g/mol. The first kappa shape index (κ1) is 23.8. The molecule has 1 aromatic carbocycles. The number of nitrogens with two attached hydrogens (primary N) is 1. The summed E-state index contributed by atoms with van der Waals surface area (Å²) in [6, 6.07) is 7.78. The van der Waals surface area contributed by atoms with Gasteiger partial charge in [-0.2, -0.15) is 0 Å². The zero-order valence-electron chi connectivity index (χ0n) is 19.5. The molecule has 4 heterocycles. The van der Waals surface area contributed by atoms with Gasteiger partial charge < -0.3 is 25.8 Å². The lowest BCUT2D eigenvalue weighted by atomic mass is 9.83. The summed E-state index contributed by atoms with van der Waals surface area (Å²) in [6.07, 6.45) is 4.96. The van der Waals surface area contributed by atoms with E-state index < -0.39 is 5.54 Å². The number of nitrogens with zero attached hydrogens (tertiary/aromatic N) is 3. The Bertz CT molecular complexity index is 1290. The third kappa shape index (κ3) is 4.93. The summed E-state index contributed by atoms with van der Waals surface area (Å²) in [7, 11) is 0. The molecule has 0 unspecified atom stereocenters. The maximum Gasteiger partial charge on any atom is 0.278 e. The SMILES string of the molecule is NC(=O)C1([NH+]2CCCCC2)CCN(C(=O)Cc2csc(Nc3nc(=S)[nH]c4ccccc34)n2)CC1. The van der Waals surface area contributed by atoms with E-state index in [1.165, 1.54) is 22.7 Å². The third-order valence-electron chi connectivity index (χ3n) is 7.32. The van der Waals surface area contributed by atoms with Crippen molar-refractivity contribution in [2.24, 2.45) is 5.73 Å². The van der Waals surface area contributed by atoms with Crippen LogP contribution in [0.1, 0.15) is 37.8 Å². The van der Waals surface area contributed by atoms with Crippen LogP contribution in [0.15, 0.2) is 29.6 Å². The van der Waals surface area contributed by atoms with Gasteiger partial charge in [-0.15, -0.1) is 11.3 Å². The van der Waals surface area contributed by atoms with Gasteiger partial charge in [-0.1, -0.05) is 12.1 Å². The Morgan fingerprint density at radius 1 is 1.17 bits per heavy atom. The Kier molecular flexibility index (Phi) is 6.81. The zero-order chi connectivity index (χ0) is 24.4. The molecule has 0 spiro atoms. The molecule has 2 fully saturated rings. The number of quaternary nitrogens is 1. The van der Waals surface area contributed by atoms with Gasteiger partial charge in [0.05, 0.1) is 30.7 Å². The second-order valence-electron chi connectivity index (χ2n) is 9.37. The lowest BCUT2D eigenvalue weighted by molar-refractivity contribution is -0.948. The smallest absolute Gasteiger partial charge is 0.278 e. The first-order chi connectivity index (χ1) is 16.9. The molecule has 0 aliphatic carbocycles. The molecule has 0 saturated carbocycles. The Labute approximate surface area is 212 Å². The molecule has 3 aromatic rings. The van der Waals surface area contributed by atoms with Crippen LogP contribution in [0.4, 0.5) is 10.9 Å². The van der Waals surface area contributed by atoms with Crippen LogP contribution in [-0.2, 0) is 16.0 Å². The van der Waals surface area contributed by atoms with E-state index in [0.717, 1.165) is 36.8 Å². The van der Waals surface area contributed by atoms with Gasteiger partial charge in [0, 0.05) is 36.7 Å². The van der Waals surface area contributed by atoms with Crippen LogP contribution in [0.3, 0.4) is 0 Å². The van der Waals surface area contributed by atoms with E-state index in [2.05, 4.69) is 20.3 Å². The number of benzene rings is 1. The molecule has 0 radical (unpaired) electrons. The molecule has 11 heteroatoms. The zero-order valence-corrected chi connectivity index (χ0v) is 21.1. The molecular formula is C24H30N7O2S2+. The minimum Gasteiger partial charge on any atom is -0.364 e. The Morgan fingerprint density at radius 3 is 2.66 bits per heavy atom. The number of H-pyrrole nitrogens is 1. The number of aromatic nitrogens is 3. The van der Waals surface area contributed by atoms with Crippen molar-refractivity contribution in [3.05, 3.63) is 40.1 Å². The fraction of sp³-hybridized carbons (Fsp3) is 0.458. The van der Waals surface area contributed by atoms with E-state index in [-0.39, 0.29) is 18.2 Å². The fourth-order valence-corrected chi connectivity index (χ4v) is 6.29. The van der Waals surface area contributed by atoms with Crippen LogP contribution >= 0.6 is 23.6 Å². The number of nitrogens with one attached hydrogen (secondary N) is 3. The number of fused-ring (bicyclic) bond motifs is 1. The van der Waals surface area contributed by atoms with Gasteiger partial charge in [-0.3, -0.25) is 9.59 Å². The highest BCUT2D eigenvalue weighted by molar-refractivity contribution is 7.71. The van der Waals surface area contributed by atoms with E-state index in [9.17, 15) is 9.59 Å². The Hall–Kier alpha value is -2.89. The van der Waals surface area contributed by atoms with Crippen molar-refractivity contribution in [3.63, 3.8) is 0 Å². The number of para-hydroxylation sites is 1. The molecule has 2 aliphatic rings. The average Bonchev–Trinajstić information content (AvgIpc) is 3.31. The predicted octanol–water partition coefficient (Wildman–Crippen LogP) is 1.95. The summed E-state index contributed by atoms with van der Waals surface area (Å²) < 4.78 is 0.390. The second-order valence-corrected chi connectivity index (χ2v) is 10.6. The molecule has 0 atom stereocenters. The van der Waals surface area contributed by atoms with Crippen LogP contribution in [0.2, 0.25) is 0 Å². The van der Waals surface area contributed by atoms with Gasteiger partial charge in [-0.05, 0) is 43.6 Å². The van der Waals surface area contributed by atoms with Crippen molar-refractivity contribution in [1.29, 1.82) is 0 Å². The van der Waals surface area contributed by atoms with Crippen molar-refractivity contribution in [1.82, 2.24) is 19.9 Å². The minimum atomic E-state index is -0.540. The Morgan fingerprint density at radius 2 is 1.91 bits per heavy atom. The number of carbonyl (C=O) groups excluding carboxylic acids is 2. The number of carbonyl (C=O) groups is 2. The van der Waals surface area contributed by atoms with Crippen LogP contribution < -0.4 is 16.0 Å². The van der Waals surface area contributed by atoms with Crippen molar-refractivity contribution < 1.29 is 14.5 Å². The van der Waals surface area contributed by atoms with Crippen molar-refractivity contribution in [2.45, 2.75) is 44.1 Å². The molecule has 2 aromatic heterocycles. The lowest BCUT2D eigenvalue weighted by Gasteiger charge is -2.45. The van der Waals surface area contributed by atoms with Crippen LogP contribution in [-0.4, -0.2) is 63.4 Å². The highest BCUT2D eigenvalue weighted by Crippen LogP contribution is 2.26. The quantitative estimate of drug-likeness (QED) is 0.375. The first-order valence-electron chi connectivity index (χ1n) is 12.1. The van der Waals surface area contributed by atoms with E-state index in [4.69, 9.17) is 18.0 Å². The van der Waals surface area contributed by atoms with Gasteiger partial charge in [0.25, 0.3) is 5.91 Å². The maximum atomic E-state index is 13.0. The number of aromatic amines is 1. The van der Waals surface area contributed by atoms with E-state index in [1.54, 1.807) is 0 Å². The van der Waals surface area contributed by atoms with Gasteiger partial charge >= 0.3 is 0 Å². The van der Waals surface area contributed by atoms with Gasteiger partial charge in [-0.25, -0.2) is 9.97 Å². The average molecular weight is 513 g/mol. The summed E-state index contributed by atoms with van der Waals surface area (Å²) in [5.74, 6) is 0.438. The first-order valence-corrected chi connectivity index (χ1v) is 13.4. The Balaban J connectivity index is 1.22. The highest BCUT2D eigenvalue weighted by atomic mass is 32.1. The van der Waals surface area contributed by atoms with Crippen LogP contribution in [0.25, 0.3) is 10.9 Å². The third-order valence-corrected chi connectivity index (χ3v) is 8.32. The van der Waals surface area contributed by atoms with Crippen LogP contribution in [0, 0.1) is 4.77 Å². The lowest BCUT2D eigenvalue weighted by Crippen LogP contribution is -3.22. The molecule has 5 rings (SSSR count). The molecule has 2 aliphatic heterocycles. The number of anilines is 2. The van der Waals surface area contributed by atoms with Crippen LogP contribution in [0.5, 0.6) is 0 Å². The molecule has 2 amide bonds.